The summed E-state index contributed by atoms with van der Waals surface area (Å²) in [6, 6.07) is 67.0. The van der Waals surface area contributed by atoms with E-state index in [0.717, 1.165) is 50.1 Å². The molecule has 0 saturated heterocycles. The highest BCUT2D eigenvalue weighted by Gasteiger charge is 2.16. The van der Waals surface area contributed by atoms with Crippen LogP contribution in [-0.4, -0.2) is 0 Å². The molecule has 0 amide bonds. The lowest BCUT2D eigenvalue weighted by molar-refractivity contribution is 0.669. The van der Waals surface area contributed by atoms with Crippen LogP contribution in [0.4, 0.5) is 17.1 Å². The average Bonchev–Trinajstić information content (AvgIpc) is 3.54. The van der Waals surface area contributed by atoms with E-state index in [1.807, 2.05) is 12.1 Å². The zero-order chi connectivity index (χ0) is 31.9. The Morgan fingerprint density at radius 1 is 0.312 bits per heavy atom. The number of rotatable bonds is 6. The quantitative estimate of drug-likeness (QED) is 0.185. The number of furan rings is 1. The van der Waals surface area contributed by atoms with Crippen molar-refractivity contribution in [2.24, 2.45) is 0 Å². The van der Waals surface area contributed by atoms with Crippen LogP contribution in [0.15, 0.2) is 192 Å². The summed E-state index contributed by atoms with van der Waals surface area (Å²) in [5.74, 6) is 0. The molecule has 9 aromatic rings. The van der Waals surface area contributed by atoms with Crippen molar-refractivity contribution >= 4 is 49.8 Å². The average molecular weight is 614 g/mol. The molecule has 1 heterocycles. The highest BCUT2D eigenvalue weighted by Crippen LogP contribution is 2.40. The van der Waals surface area contributed by atoms with Gasteiger partial charge in [-0.25, -0.2) is 0 Å². The van der Waals surface area contributed by atoms with E-state index in [0.29, 0.717) is 0 Å². The van der Waals surface area contributed by atoms with E-state index in [2.05, 4.69) is 181 Å². The normalized spacial score (nSPS) is 11.3. The number of benzene rings is 8. The number of nitrogens with zero attached hydrogens (tertiary/aromatic N) is 1. The minimum Gasteiger partial charge on any atom is -0.456 e. The van der Waals surface area contributed by atoms with Crippen LogP contribution in [0.5, 0.6) is 0 Å². The number of para-hydroxylation sites is 1. The molecule has 48 heavy (non-hydrogen) atoms. The van der Waals surface area contributed by atoms with E-state index < -0.39 is 0 Å². The zero-order valence-corrected chi connectivity index (χ0v) is 26.3. The van der Waals surface area contributed by atoms with Gasteiger partial charge in [0.25, 0.3) is 0 Å². The summed E-state index contributed by atoms with van der Waals surface area (Å²) < 4.78 is 6.09. The molecule has 0 aliphatic heterocycles. The molecular weight excluding hydrogens is 583 g/mol. The van der Waals surface area contributed by atoms with Gasteiger partial charge in [-0.3, -0.25) is 0 Å². The van der Waals surface area contributed by atoms with E-state index in [1.54, 1.807) is 0 Å². The summed E-state index contributed by atoms with van der Waals surface area (Å²) in [4.78, 5) is 2.36. The molecule has 0 unspecified atom stereocenters. The van der Waals surface area contributed by atoms with Crippen molar-refractivity contribution in [3.8, 4) is 33.4 Å². The minimum atomic E-state index is 0.909. The lowest BCUT2D eigenvalue weighted by Crippen LogP contribution is -2.10. The Kier molecular flexibility index (Phi) is 6.84. The molecule has 0 fully saturated rings. The maximum Gasteiger partial charge on any atom is 0.135 e. The zero-order valence-electron chi connectivity index (χ0n) is 26.3. The first-order valence-corrected chi connectivity index (χ1v) is 16.3. The summed E-state index contributed by atoms with van der Waals surface area (Å²) in [5, 5.41) is 4.77. The Balaban J connectivity index is 1.16. The Bertz CT molecular complexity index is 2560. The van der Waals surface area contributed by atoms with Crippen LogP contribution in [0, 0.1) is 0 Å². The fraction of sp³-hybridized carbons (Fsp3) is 0. The second-order valence-electron chi connectivity index (χ2n) is 12.2. The topological polar surface area (TPSA) is 16.4 Å². The van der Waals surface area contributed by atoms with Crippen molar-refractivity contribution in [1.82, 2.24) is 0 Å². The smallest absolute Gasteiger partial charge is 0.135 e. The van der Waals surface area contributed by atoms with Gasteiger partial charge in [-0.1, -0.05) is 133 Å². The van der Waals surface area contributed by atoms with Crippen molar-refractivity contribution in [3.63, 3.8) is 0 Å². The Morgan fingerprint density at radius 3 is 1.71 bits per heavy atom. The van der Waals surface area contributed by atoms with Crippen LogP contribution in [0.1, 0.15) is 0 Å². The van der Waals surface area contributed by atoms with Gasteiger partial charge in [0, 0.05) is 27.8 Å². The summed E-state index contributed by atoms with van der Waals surface area (Å²) in [6.07, 6.45) is 0. The first-order chi connectivity index (χ1) is 23.8. The van der Waals surface area contributed by atoms with Gasteiger partial charge in [0.2, 0.25) is 0 Å². The fourth-order valence-corrected chi connectivity index (χ4v) is 6.90. The van der Waals surface area contributed by atoms with Crippen LogP contribution in [0.3, 0.4) is 0 Å². The van der Waals surface area contributed by atoms with Crippen LogP contribution < -0.4 is 4.90 Å². The highest BCUT2D eigenvalue weighted by molar-refractivity contribution is 6.06. The third-order valence-corrected chi connectivity index (χ3v) is 9.25. The predicted octanol–water partition coefficient (Wildman–Crippen LogP) is 13.2. The number of hydrogen-bond acceptors (Lipinski definition) is 2. The third kappa shape index (κ3) is 5.01. The SMILES string of the molecule is c1ccc(-c2cccc(N(c3ccc(-c4ccc5oc6ccccc6c5c4)cc3)c3cccc(-c4cccc5ccccc45)c3)c2)cc1. The van der Waals surface area contributed by atoms with E-state index >= 15 is 0 Å². The van der Waals surface area contributed by atoms with Gasteiger partial charge >= 0.3 is 0 Å². The number of hydrogen-bond donors (Lipinski definition) is 0. The molecular formula is C46H31NO. The molecule has 0 radical (unpaired) electrons. The molecule has 0 saturated carbocycles. The molecule has 9 rings (SSSR count). The molecule has 0 atom stereocenters. The molecule has 1 aromatic heterocycles. The Morgan fingerprint density at radius 2 is 0.875 bits per heavy atom. The van der Waals surface area contributed by atoms with E-state index in [4.69, 9.17) is 4.42 Å². The van der Waals surface area contributed by atoms with Crippen molar-refractivity contribution in [2.75, 3.05) is 4.90 Å². The molecule has 2 heteroatoms. The van der Waals surface area contributed by atoms with Gasteiger partial charge in [-0.2, -0.15) is 0 Å². The lowest BCUT2D eigenvalue weighted by Gasteiger charge is -2.27. The van der Waals surface area contributed by atoms with Gasteiger partial charge in [0.05, 0.1) is 0 Å². The van der Waals surface area contributed by atoms with Crippen molar-refractivity contribution in [1.29, 1.82) is 0 Å². The summed E-state index contributed by atoms with van der Waals surface area (Å²) in [7, 11) is 0. The molecule has 2 nitrogen and oxygen atoms in total. The van der Waals surface area contributed by atoms with E-state index in [-0.39, 0.29) is 0 Å². The summed E-state index contributed by atoms with van der Waals surface area (Å²) in [5.41, 5.74) is 12.2. The predicted molar refractivity (Wildman–Crippen MR) is 202 cm³/mol. The van der Waals surface area contributed by atoms with E-state index in [9.17, 15) is 0 Å². The van der Waals surface area contributed by atoms with Gasteiger partial charge in [-0.15, -0.1) is 0 Å². The summed E-state index contributed by atoms with van der Waals surface area (Å²) in [6.45, 7) is 0. The second kappa shape index (κ2) is 11.8. The van der Waals surface area contributed by atoms with Crippen LogP contribution in [0.25, 0.3) is 66.1 Å². The van der Waals surface area contributed by atoms with Crippen LogP contribution >= 0.6 is 0 Å². The number of fused-ring (bicyclic) bond motifs is 4. The molecule has 8 aromatic carbocycles. The maximum absolute atomic E-state index is 6.09. The largest absolute Gasteiger partial charge is 0.456 e. The highest BCUT2D eigenvalue weighted by atomic mass is 16.3. The standard InChI is InChI=1S/C46H31NO/c1-2-11-32(12-3-1)35-15-8-17-39(29-35)47(40-18-9-16-37(30-40)42-21-10-14-34-13-4-5-19-41(34)42)38-26-23-33(24-27-38)36-25-28-46-44(31-36)43-20-6-7-22-45(43)48-46/h1-31H. The monoisotopic (exact) mass is 613 g/mol. The van der Waals surface area contributed by atoms with Crippen LogP contribution in [0.2, 0.25) is 0 Å². The van der Waals surface area contributed by atoms with Gasteiger partial charge in [-0.05, 0) is 98.8 Å². The molecule has 0 aliphatic rings. The first-order valence-electron chi connectivity index (χ1n) is 16.3. The first kappa shape index (κ1) is 27.9. The second-order valence-corrected chi connectivity index (χ2v) is 12.2. The lowest BCUT2D eigenvalue weighted by atomic mass is 9.97. The van der Waals surface area contributed by atoms with Gasteiger partial charge < -0.3 is 9.32 Å². The molecule has 0 N–H and O–H groups in total. The molecule has 0 aliphatic carbocycles. The molecule has 226 valence electrons. The summed E-state index contributed by atoms with van der Waals surface area (Å²) >= 11 is 0. The van der Waals surface area contributed by atoms with Gasteiger partial charge in [0.1, 0.15) is 11.2 Å². The fourth-order valence-electron chi connectivity index (χ4n) is 6.90. The van der Waals surface area contributed by atoms with Crippen molar-refractivity contribution < 1.29 is 4.42 Å². The third-order valence-electron chi connectivity index (χ3n) is 9.25. The van der Waals surface area contributed by atoms with E-state index in [1.165, 1.54) is 33.0 Å². The van der Waals surface area contributed by atoms with Gasteiger partial charge in [0.15, 0.2) is 0 Å². The molecule has 0 spiro atoms. The minimum absolute atomic E-state index is 0.909. The Hall–Kier alpha value is -6.38. The van der Waals surface area contributed by atoms with Crippen molar-refractivity contribution in [3.05, 3.63) is 188 Å². The van der Waals surface area contributed by atoms with Crippen LogP contribution in [-0.2, 0) is 0 Å². The number of anilines is 3. The van der Waals surface area contributed by atoms with Crippen molar-refractivity contribution in [2.45, 2.75) is 0 Å². The molecule has 0 bridgehead atoms. The Labute approximate surface area is 279 Å². The maximum atomic E-state index is 6.09.